The highest BCUT2D eigenvalue weighted by molar-refractivity contribution is 6.30. The molecule has 0 saturated carbocycles. The van der Waals surface area contributed by atoms with Crippen LogP contribution in [0.2, 0.25) is 5.02 Å². The lowest BCUT2D eigenvalue weighted by Gasteiger charge is -2.21. The second-order valence-corrected chi connectivity index (χ2v) is 4.03. The van der Waals surface area contributed by atoms with Crippen molar-refractivity contribution in [2.75, 3.05) is 18.5 Å². The van der Waals surface area contributed by atoms with Crippen LogP contribution in [0, 0.1) is 17.2 Å². The van der Waals surface area contributed by atoms with Crippen molar-refractivity contribution in [1.29, 1.82) is 5.26 Å². The highest BCUT2D eigenvalue weighted by Gasteiger charge is 2.08. The molecule has 1 rings (SSSR count). The molecule has 1 aromatic rings. The van der Waals surface area contributed by atoms with E-state index in [1.54, 1.807) is 0 Å². The minimum atomic E-state index is 0.0886. The molecule has 0 fully saturated rings. The van der Waals surface area contributed by atoms with E-state index >= 15 is 0 Å². The van der Waals surface area contributed by atoms with Gasteiger partial charge in [0.15, 0.2) is 0 Å². The lowest BCUT2D eigenvalue weighted by atomic mass is 10.1. The Balaban J connectivity index is 2.65. The van der Waals surface area contributed by atoms with Gasteiger partial charge in [-0.15, -0.1) is 0 Å². The van der Waals surface area contributed by atoms with Gasteiger partial charge in [0.25, 0.3) is 0 Å². The monoisotopic (exact) mass is 222 g/mol. The Morgan fingerprint density at radius 2 is 2.00 bits per heavy atom. The maximum atomic E-state index is 8.87. The Labute approximate surface area is 96.1 Å². The zero-order valence-electron chi connectivity index (χ0n) is 9.07. The van der Waals surface area contributed by atoms with Crippen molar-refractivity contribution in [3.63, 3.8) is 0 Å². The van der Waals surface area contributed by atoms with Gasteiger partial charge < -0.3 is 4.90 Å². The van der Waals surface area contributed by atoms with Crippen LogP contribution in [0.3, 0.4) is 0 Å². The zero-order chi connectivity index (χ0) is 11.3. The van der Waals surface area contributed by atoms with E-state index in [1.165, 1.54) is 0 Å². The van der Waals surface area contributed by atoms with E-state index in [-0.39, 0.29) is 5.92 Å². The Morgan fingerprint density at radius 3 is 2.47 bits per heavy atom. The second kappa shape index (κ2) is 5.63. The highest BCUT2D eigenvalue weighted by atomic mass is 35.5. The maximum absolute atomic E-state index is 8.87. The predicted octanol–water partition coefficient (Wildman–Crippen LogP) is 3.33. The molecular weight excluding hydrogens is 208 g/mol. The van der Waals surface area contributed by atoms with Crippen molar-refractivity contribution in [2.45, 2.75) is 13.3 Å². The van der Waals surface area contributed by atoms with Crippen molar-refractivity contribution in [3.05, 3.63) is 29.3 Å². The molecule has 0 aliphatic carbocycles. The third-order valence-corrected chi connectivity index (χ3v) is 2.69. The fourth-order valence-corrected chi connectivity index (χ4v) is 1.52. The van der Waals surface area contributed by atoms with Gasteiger partial charge in [0.2, 0.25) is 0 Å². The number of hydrogen-bond donors (Lipinski definition) is 0. The van der Waals surface area contributed by atoms with Gasteiger partial charge in [-0.25, -0.2) is 0 Å². The first-order chi connectivity index (χ1) is 7.17. The molecule has 0 aromatic heterocycles. The number of anilines is 1. The van der Waals surface area contributed by atoms with Crippen LogP contribution in [0.5, 0.6) is 0 Å². The van der Waals surface area contributed by atoms with Crippen LogP contribution in [0.25, 0.3) is 0 Å². The molecule has 0 spiro atoms. The summed E-state index contributed by atoms with van der Waals surface area (Å²) in [5.41, 5.74) is 1.09. The van der Waals surface area contributed by atoms with Crippen LogP contribution in [-0.2, 0) is 0 Å². The Kier molecular flexibility index (Phi) is 4.45. The maximum Gasteiger partial charge on any atom is 0.0674 e. The number of hydrogen-bond acceptors (Lipinski definition) is 2. The van der Waals surface area contributed by atoms with Crippen LogP contribution in [0.15, 0.2) is 24.3 Å². The van der Waals surface area contributed by atoms with Crippen LogP contribution in [0.1, 0.15) is 13.3 Å². The highest BCUT2D eigenvalue weighted by Crippen LogP contribution is 2.18. The zero-order valence-corrected chi connectivity index (χ0v) is 9.83. The summed E-state index contributed by atoms with van der Waals surface area (Å²) < 4.78 is 0. The second-order valence-electron chi connectivity index (χ2n) is 3.59. The number of halogens is 1. The normalized spacial score (nSPS) is 11.9. The molecule has 2 nitrogen and oxygen atoms in total. The van der Waals surface area contributed by atoms with Gasteiger partial charge in [-0.2, -0.15) is 5.26 Å². The SMILES string of the molecule is CCC(C#N)CN(C)c1ccc(Cl)cc1. The topological polar surface area (TPSA) is 27.0 Å². The van der Waals surface area contributed by atoms with Crippen molar-refractivity contribution < 1.29 is 0 Å². The van der Waals surface area contributed by atoms with Crippen molar-refractivity contribution >= 4 is 17.3 Å². The summed E-state index contributed by atoms with van der Waals surface area (Å²) in [6.07, 6.45) is 0.883. The summed E-state index contributed by atoms with van der Waals surface area (Å²) in [6.45, 7) is 2.79. The molecule has 1 atom stereocenters. The summed E-state index contributed by atoms with van der Waals surface area (Å²) >= 11 is 5.81. The predicted molar refractivity (Wildman–Crippen MR) is 64.1 cm³/mol. The Morgan fingerprint density at radius 1 is 1.40 bits per heavy atom. The molecular formula is C12H15ClN2. The smallest absolute Gasteiger partial charge is 0.0674 e. The van der Waals surface area contributed by atoms with Crippen LogP contribution in [0.4, 0.5) is 5.69 Å². The standard InChI is InChI=1S/C12H15ClN2/c1-3-10(8-14)9-15(2)12-6-4-11(13)5-7-12/h4-7,10H,3,9H2,1-2H3. The van der Waals surface area contributed by atoms with Gasteiger partial charge >= 0.3 is 0 Å². The van der Waals surface area contributed by atoms with E-state index < -0.39 is 0 Å². The molecule has 0 aliphatic heterocycles. The van der Waals surface area contributed by atoms with Gasteiger partial charge in [-0.05, 0) is 30.7 Å². The molecule has 0 saturated heterocycles. The number of nitrogens with zero attached hydrogens (tertiary/aromatic N) is 2. The van der Waals surface area contributed by atoms with Gasteiger partial charge in [-0.3, -0.25) is 0 Å². The van der Waals surface area contributed by atoms with Gasteiger partial charge in [-0.1, -0.05) is 18.5 Å². The third kappa shape index (κ3) is 3.45. The molecule has 1 aromatic carbocycles. The summed E-state index contributed by atoms with van der Waals surface area (Å²) in [5.74, 6) is 0.0886. The Bertz CT molecular complexity index is 340. The largest absolute Gasteiger partial charge is 0.373 e. The van der Waals surface area contributed by atoms with E-state index in [9.17, 15) is 0 Å². The average Bonchev–Trinajstić information content (AvgIpc) is 2.26. The minimum absolute atomic E-state index is 0.0886. The molecule has 0 aliphatic rings. The molecule has 0 heterocycles. The third-order valence-electron chi connectivity index (χ3n) is 2.44. The first-order valence-corrected chi connectivity index (χ1v) is 5.41. The quantitative estimate of drug-likeness (QED) is 0.782. The van der Waals surface area contributed by atoms with E-state index in [4.69, 9.17) is 16.9 Å². The first-order valence-electron chi connectivity index (χ1n) is 5.03. The van der Waals surface area contributed by atoms with Crippen LogP contribution < -0.4 is 4.90 Å². The molecule has 0 radical (unpaired) electrons. The van der Waals surface area contributed by atoms with Crippen LogP contribution >= 0.6 is 11.6 Å². The number of benzene rings is 1. The molecule has 15 heavy (non-hydrogen) atoms. The molecule has 1 unspecified atom stereocenters. The molecule has 0 N–H and O–H groups in total. The van der Waals surface area contributed by atoms with Crippen molar-refractivity contribution in [1.82, 2.24) is 0 Å². The van der Waals surface area contributed by atoms with E-state index in [1.807, 2.05) is 38.2 Å². The summed E-state index contributed by atoms with van der Waals surface area (Å²) in [7, 11) is 1.99. The lowest BCUT2D eigenvalue weighted by molar-refractivity contribution is 0.631. The van der Waals surface area contributed by atoms with Gasteiger partial charge in [0.1, 0.15) is 0 Å². The molecule has 0 bridgehead atoms. The summed E-state index contributed by atoms with van der Waals surface area (Å²) in [6, 6.07) is 9.95. The molecule has 3 heteroatoms. The van der Waals surface area contributed by atoms with Gasteiger partial charge in [0.05, 0.1) is 12.0 Å². The van der Waals surface area contributed by atoms with Gasteiger partial charge in [0, 0.05) is 24.3 Å². The van der Waals surface area contributed by atoms with E-state index in [0.717, 1.165) is 23.7 Å². The van der Waals surface area contributed by atoms with Crippen LogP contribution in [-0.4, -0.2) is 13.6 Å². The van der Waals surface area contributed by atoms with Crippen molar-refractivity contribution in [2.24, 2.45) is 5.92 Å². The van der Waals surface area contributed by atoms with E-state index in [2.05, 4.69) is 11.0 Å². The first kappa shape index (κ1) is 11.9. The van der Waals surface area contributed by atoms with E-state index in [0.29, 0.717) is 0 Å². The fourth-order valence-electron chi connectivity index (χ4n) is 1.39. The Hall–Kier alpha value is -1.20. The lowest BCUT2D eigenvalue weighted by Crippen LogP contribution is -2.24. The summed E-state index contributed by atoms with van der Waals surface area (Å²) in [5, 5.41) is 9.60. The van der Waals surface area contributed by atoms with Crippen molar-refractivity contribution in [3.8, 4) is 6.07 Å². The number of nitriles is 1. The fraction of sp³-hybridized carbons (Fsp3) is 0.417. The summed E-state index contributed by atoms with van der Waals surface area (Å²) in [4.78, 5) is 2.08. The number of rotatable bonds is 4. The average molecular weight is 223 g/mol. The molecule has 0 amide bonds. The molecule has 80 valence electrons. The minimum Gasteiger partial charge on any atom is -0.373 e.